The van der Waals surface area contributed by atoms with Crippen molar-refractivity contribution in [2.45, 2.75) is 39.1 Å². The Kier molecular flexibility index (Phi) is 5.64. The maximum Gasteiger partial charge on any atom is 0.458 e. The maximum absolute atomic E-state index is 9.67. The molecule has 2 rings (SSSR count). The summed E-state index contributed by atoms with van der Waals surface area (Å²) in [4.78, 5) is 0. The van der Waals surface area contributed by atoms with E-state index in [1.165, 1.54) is 5.57 Å². The average molecular weight is 298 g/mol. The molecule has 0 fully saturated rings. The Bertz CT molecular complexity index is 587. The minimum atomic E-state index is -0.713. The molecule has 1 aromatic carbocycles. The Morgan fingerprint density at radius 2 is 2.05 bits per heavy atom. The highest BCUT2D eigenvalue weighted by Crippen LogP contribution is 2.27. The van der Waals surface area contributed by atoms with Crippen LogP contribution in [0, 0.1) is 0 Å². The molecule has 3 nitrogen and oxygen atoms in total. The molecule has 1 atom stereocenters. The molecule has 116 valence electrons. The molecule has 1 heterocycles. The van der Waals surface area contributed by atoms with Crippen molar-refractivity contribution in [3.63, 3.8) is 0 Å². The van der Waals surface area contributed by atoms with E-state index in [0.717, 1.165) is 29.6 Å². The summed E-state index contributed by atoms with van der Waals surface area (Å²) in [5.41, 5.74) is 4.39. The lowest BCUT2D eigenvalue weighted by atomic mass is 9.78. The van der Waals surface area contributed by atoms with Gasteiger partial charge in [-0.25, -0.2) is 0 Å². The summed E-state index contributed by atoms with van der Waals surface area (Å²) >= 11 is 0. The number of allylic oxidation sites excluding steroid dienone is 2. The molecular weight excluding hydrogens is 275 g/mol. The van der Waals surface area contributed by atoms with Crippen molar-refractivity contribution in [3.8, 4) is 5.75 Å². The van der Waals surface area contributed by atoms with Crippen LogP contribution in [0.1, 0.15) is 32.3 Å². The van der Waals surface area contributed by atoms with Crippen LogP contribution in [0.15, 0.2) is 53.6 Å². The minimum absolute atomic E-state index is 0.0931. The first-order chi connectivity index (χ1) is 10.5. The number of phenolic OH excluding ortho intramolecular Hbond substituents is 1. The summed E-state index contributed by atoms with van der Waals surface area (Å²) in [6.45, 7) is 8.04. The van der Waals surface area contributed by atoms with Gasteiger partial charge in [0.1, 0.15) is 5.75 Å². The number of rotatable bonds is 5. The van der Waals surface area contributed by atoms with E-state index in [1.54, 1.807) is 12.1 Å². The molecule has 1 aromatic rings. The molecule has 0 radical (unpaired) electrons. The van der Waals surface area contributed by atoms with Crippen LogP contribution in [0.25, 0.3) is 6.08 Å². The second-order valence-electron chi connectivity index (χ2n) is 5.88. The van der Waals surface area contributed by atoms with Gasteiger partial charge in [0.15, 0.2) is 0 Å². The lowest BCUT2D eigenvalue weighted by Gasteiger charge is -2.27. The molecule has 1 unspecified atom stereocenters. The molecule has 0 amide bonds. The molecule has 0 aliphatic carbocycles. The zero-order valence-corrected chi connectivity index (χ0v) is 13.2. The Balaban J connectivity index is 1.98. The van der Waals surface area contributed by atoms with Crippen molar-refractivity contribution in [3.05, 3.63) is 59.2 Å². The number of aromatic hydroxyl groups is 1. The normalized spacial score (nSPS) is 19.0. The SMILES string of the molecule is C=C(C)C1=CCB(O)OC1CC/C(C)=C/c1ccc(O)cc1. The van der Waals surface area contributed by atoms with E-state index in [4.69, 9.17) is 4.65 Å². The first kappa shape index (κ1) is 16.6. The standard InChI is InChI=1S/C18H23BO3/c1-13(2)17-10-11-19(21)22-18(17)9-4-14(3)12-15-5-7-16(20)8-6-15/h5-8,10,12,18,20-21H,1,4,9,11H2,2-3H3/b14-12+. The molecule has 0 saturated heterocycles. The van der Waals surface area contributed by atoms with Crippen LogP contribution in [-0.4, -0.2) is 23.4 Å². The number of hydrogen-bond acceptors (Lipinski definition) is 3. The van der Waals surface area contributed by atoms with Gasteiger partial charge >= 0.3 is 7.12 Å². The van der Waals surface area contributed by atoms with Crippen LogP contribution < -0.4 is 0 Å². The van der Waals surface area contributed by atoms with Gasteiger partial charge in [0.2, 0.25) is 0 Å². The lowest BCUT2D eigenvalue weighted by Crippen LogP contribution is -2.31. The van der Waals surface area contributed by atoms with Gasteiger partial charge in [-0.1, -0.05) is 42.0 Å². The first-order valence-corrected chi connectivity index (χ1v) is 7.61. The molecule has 1 aliphatic heterocycles. The van der Waals surface area contributed by atoms with E-state index in [0.29, 0.717) is 6.32 Å². The number of phenols is 1. The molecule has 0 bridgehead atoms. The average Bonchev–Trinajstić information content (AvgIpc) is 2.47. The molecule has 0 spiro atoms. The third kappa shape index (κ3) is 4.62. The molecule has 1 aliphatic rings. The Labute approximate surface area is 132 Å². The van der Waals surface area contributed by atoms with Gasteiger partial charge in [-0.05, 0) is 50.0 Å². The van der Waals surface area contributed by atoms with Gasteiger partial charge in [-0.2, -0.15) is 0 Å². The van der Waals surface area contributed by atoms with E-state index in [1.807, 2.05) is 25.1 Å². The zero-order valence-electron chi connectivity index (χ0n) is 13.2. The van der Waals surface area contributed by atoms with Crippen LogP contribution in [0.4, 0.5) is 0 Å². The quantitative estimate of drug-likeness (QED) is 0.809. The Hall–Kier alpha value is -1.78. The van der Waals surface area contributed by atoms with Gasteiger partial charge in [0.25, 0.3) is 0 Å². The summed E-state index contributed by atoms with van der Waals surface area (Å²) in [5.74, 6) is 0.274. The van der Waals surface area contributed by atoms with Gasteiger partial charge in [-0.15, -0.1) is 0 Å². The van der Waals surface area contributed by atoms with E-state index in [2.05, 4.69) is 19.6 Å². The molecule has 4 heteroatoms. The highest BCUT2D eigenvalue weighted by atomic mass is 16.5. The summed E-state index contributed by atoms with van der Waals surface area (Å²) < 4.78 is 5.64. The van der Waals surface area contributed by atoms with Crippen molar-refractivity contribution in [2.24, 2.45) is 0 Å². The van der Waals surface area contributed by atoms with Gasteiger partial charge in [-0.3, -0.25) is 0 Å². The topological polar surface area (TPSA) is 49.7 Å². The summed E-state index contributed by atoms with van der Waals surface area (Å²) in [5, 5.41) is 19.0. The maximum atomic E-state index is 9.67. The van der Waals surface area contributed by atoms with Crippen LogP contribution in [0.5, 0.6) is 5.75 Å². The predicted molar refractivity (Wildman–Crippen MR) is 91.5 cm³/mol. The predicted octanol–water partition coefficient (Wildman–Crippen LogP) is 3.96. The smallest absolute Gasteiger partial charge is 0.458 e. The minimum Gasteiger partial charge on any atom is -0.508 e. The summed E-state index contributed by atoms with van der Waals surface area (Å²) in [6, 6.07) is 7.14. The van der Waals surface area contributed by atoms with E-state index >= 15 is 0 Å². The molecule has 0 saturated carbocycles. The number of hydrogen-bond donors (Lipinski definition) is 2. The van der Waals surface area contributed by atoms with Crippen molar-refractivity contribution in [1.29, 1.82) is 0 Å². The summed E-state index contributed by atoms with van der Waals surface area (Å²) in [6.07, 6.45) is 6.26. The fourth-order valence-corrected chi connectivity index (χ4v) is 2.64. The van der Waals surface area contributed by atoms with Gasteiger partial charge in [0.05, 0.1) is 6.10 Å². The first-order valence-electron chi connectivity index (χ1n) is 7.61. The zero-order chi connectivity index (χ0) is 16.1. The van der Waals surface area contributed by atoms with E-state index in [-0.39, 0.29) is 11.9 Å². The van der Waals surface area contributed by atoms with Crippen molar-refractivity contribution < 1.29 is 14.8 Å². The van der Waals surface area contributed by atoms with Crippen molar-refractivity contribution in [2.75, 3.05) is 0 Å². The molecule has 0 aromatic heterocycles. The van der Waals surface area contributed by atoms with Crippen molar-refractivity contribution in [1.82, 2.24) is 0 Å². The fraction of sp³-hybridized carbons (Fsp3) is 0.333. The molecular formula is C18H23BO3. The lowest BCUT2D eigenvalue weighted by molar-refractivity contribution is 0.183. The summed E-state index contributed by atoms with van der Waals surface area (Å²) in [7, 11) is -0.713. The fourth-order valence-electron chi connectivity index (χ4n) is 2.64. The Morgan fingerprint density at radius 1 is 1.36 bits per heavy atom. The van der Waals surface area contributed by atoms with Crippen LogP contribution >= 0.6 is 0 Å². The van der Waals surface area contributed by atoms with Crippen LogP contribution in [-0.2, 0) is 4.65 Å². The monoisotopic (exact) mass is 298 g/mol. The largest absolute Gasteiger partial charge is 0.508 e. The second kappa shape index (κ2) is 7.48. The highest BCUT2D eigenvalue weighted by Gasteiger charge is 2.26. The third-order valence-corrected chi connectivity index (χ3v) is 3.81. The Morgan fingerprint density at radius 3 is 2.68 bits per heavy atom. The van der Waals surface area contributed by atoms with Crippen LogP contribution in [0.2, 0.25) is 6.32 Å². The van der Waals surface area contributed by atoms with Crippen molar-refractivity contribution >= 4 is 13.2 Å². The highest BCUT2D eigenvalue weighted by molar-refractivity contribution is 6.43. The van der Waals surface area contributed by atoms with Crippen LogP contribution in [0.3, 0.4) is 0 Å². The second-order valence-corrected chi connectivity index (χ2v) is 5.88. The van der Waals surface area contributed by atoms with Gasteiger partial charge < -0.3 is 14.8 Å². The van der Waals surface area contributed by atoms with E-state index in [9.17, 15) is 10.1 Å². The van der Waals surface area contributed by atoms with E-state index < -0.39 is 7.12 Å². The molecule has 2 N–H and O–H groups in total. The van der Waals surface area contributed by atoms with Gasteiger partial charge in [0, 0.05) is 6.32 Å². The molecule has 22 heavy (non-hydrogen) atoms. The third-order valence-electron chi connectivity index (χ3n) is 3.81. The number of benzene rings is 1.